The third kappa shape index (κ3) is 5.02. The molecular formula is C15H17BrClN3O2S. The highest BCUT2D eigenvalue weighted by Crippen LogP contribution is 2.16. The summed E-state index contributed by atoms with van der Waals surface area (Å²) in [4.78, 5) is 29.5. The second kappa shape index (κ2) is 9.00. The molecule has 23 heavy (non-hydrogen) atoms. The Kier molecular flexibility index (Phi) is 7.67. The third-order valence-electron chi connectivity index (χ3n) is 2.87. The van der Waals surface area contributed by atoms with Crippen molar-refractivity contribution in [2.75, 3.05) is 11.9 Å². The van der Waals surface area contributed by atoms with Crippen LogP contribution in [-0.4, -0.2) is 17.0 Å². The van der Waals surface area contributed by atoms with Crippen molar-refractivity contribution < 1.29 is 4.79 Å². The van der Waals surface area contributed by atoms with Gasteiger partial charge in [-0.05, 0) is 32.0 Å². The Morgan fingerprint density at radius 3 is 2.70 bits per heavy atom. The van der Waals surface area contributed by atoms with Crippen LogP contribution in [0.1, 0.15) is 23.5 Å². The normalized spacial score (nSPS) is 11.0. The molecule has 2 rings (SSSR count). The van der Waals surface area contributed by atoms with Crippen molar-refractivity contribution in [3.8, 4) is 0 Å². The number of aromatic nitrogens is 1. The predicted molar refractivity (Wildman–Crippen MR) is 100 cm³/mol. The van der Waals surface area contributed by atoms with Crippen LogP contribution >= 0.6 is 39.9 Å². The average molecular weight is 419 g/mol. The summed E-state index contributed by atoms with van der Waals surface area (Å²) in [7, 11) is 0. The van der Waals surface area contributed by atoms with E-state index in [-0.39, 0.29) is 28.4 Å². The maximum absolute atomic E-state index is 12.3. The molecule has 124 valence electrons. The molecule has 8 heteroatoms. The van der Waals surface area contributed by atoms with Crippen LogP contribution in [0.4, 0.5) is 5.69 Å². The number of hydrogen-bond donors (Lipinski definition) is 1. The van der Waals surface area contributed by atoms with Crippen LogP contribution in [0.3, 0.4) is 0 Å². The van der Waals surface area contributed by atoms with Crippen LogP contribution in [0, 0.1) is 0 Å². The minimum absolute atomic E-state index is 0. The van der Waals surface area contributed by atoms with Crippen LogP contribution in [0.5, 0.6) is 0 Å². The first-order chi connectivity index (χ1) is 10.5. The highest BCUT2D eigenvalue weighted by Gasteiger charge is 2.11. The molecule has 0 aliphatic carbocycles. The van der Waals surface area contributed by atoms with Gasteiger partial charge in [-0.1, -0.05) is 29.0 Å². The maximum atomic E-state index is 12.3. The van der Waals surface area contributed by atoms with Gasteiger partial charge in [0.25, 0.3) is 11.5 Å². The summed E-state index contributed by atoms with van der Waals surface area (Å²) in [6.45, 7) is 4.82. The Morgan fingerprint density at radius 2 is 2.09 bits per heavy atom. The zero-order valence-corrected chi connectivity index (χ0v) is 16.0. The van der Waals surface area contributed by atoms with E-state index in [0.717, 1.165) is 0 Å². The molecule has 1 aromatic carbocycles. The number of nitrogens with zero attached hydrogens (tertiary/aromatic N) is 2. The van der Waals surface area contributed by atoms with E-state index in [9.17, 15) is 9.59 Å². The van der Waals surface area contributed by atoms with Crippen molar-refractivity contribution in [1.29, 1.82) is 0 Å². The number of rotatable bonds is 4. The van der Waals surface area contributed by atoms with Crippen molar-refractivity contribution in [1.82, 2.24) is 4.57 Å². The fourth-order valence-electron chi connectivity index (χ4n) is 1.88. The lowest BCUT2D eigenvalue weighted by Crippen LogP contribution is -2.32. The van der Waals surface area contributed by atoms with Gasteiger partial charge in [0.15, 0.2) is 4.80 Å². The van der Waals surface area contributed by atoms with E-state index >= 15 is 0 Å². The molecule has 0 saturated heterocycles. The largest absolute Gasteiger partial charge is 0.321 e. The van der Waals surface area contributed by atoms with E-state index in [0.29, 0.717) is 33.5 Å². The van der Waals surface area contributed by atoms with Crippen LogP contribution in [-0.2, 0) is 6.54 Å². The summed E-state index contributed by atoms with van der Waals surface area (Å²) >= 11 is 7.08. The quantitative estimate of drug-likeness (QED) is 0.828. The Hall–Kier alpha value is -1.44. The molecule has 0 unspecified atom stereocenters. The van der Waals surface area contributed by atoms with Gasteiger partial charge >= 0.3 is 0 Å². The molecule has 0 radical (unpaired) electrons. The molecule has 0 fully saturated rings. The van der Waals surface area contributed by atoms with Crippen LogP contribution in [0.25, 0.3) is 0 Å². The molecule has 0 aliphatic rings. The smallest absolute Gasteiger partial charge is 0.266 e. The monoisotopic (exact) mass is 417 g/mol. The van der Waals surface area contributed by atoms with Gasteiger partial charge in [-0.2, -0.15) is 0 Å². The second-order valence-electron chi connectivity index (χ2n) is 4.41. The lowest BCUT2D eigenvalue weighted by molar-refractivity contribution is 0.103. The Morgan fingerprint density at radius 1 is 1.35 bits per heavy atom. The Labute approximate surface area is 153 Å². The van der Waals surface area contributed by atoms with E-state index < -0.39 is 0 Å². The summed E-state index contributed by atoms with van der Waals surface area (Å²) < 4.78 is 1.55. The zero-order valence-electron chi connectivity index (χ0n) is 12.7. The van der Waals surface area contributed by atoms with Gasteiger partial charge in [0, 0.05) is 29.9 Å². The minimum atomic E-state index is -0.347. The second-order valence-corrected chi connectivity index (χ2v) is 5.86. The highest BCUT2D eigenvalue weighted by molar-refractivity contribution is 8.93. The van der Waals surface area contributed by atoms with Crippen molar-refractivity contribution >= 4 is 51.5 Å². The highest BCUT2D eigenvalue weighted by atomic mass is 79.9. The number of nitrogens with one attached hydrogen (secondary N) is 1. The summed E-state index contributed by atoms with van der Waals surface area (Å²) in [6.07, 6.45) is 0. The summed E-state index contributed by atoms with van der Waals surface area (Å²) in [5.41, 5.74) is 0.350. The number of carbonyl (C=O) groups excluding carboxylic acids is 1. The molecule has 1 N–H and O–H groups in total. The van der Waals surface area contributed by atoms with E-state index in [2.05, 4.69) is 10.3 Å². The Balaban J connectivity index is 0.00000264. The fraction of sp³-hybridized carbons (Fsp3) is 0.267. The van der Waals surface area contributed by atoms with Gasteiger partial charge in [0.1, 0.15) is 4.88 Å². The molecule has 0 atom stereocenters. The van der Waals surface area contributed by atoms with E-state index in [1.807, 2.05) is 13.8 Å². The number of hydrogen-bond acceptors (Lipinski definition) is 4. The number of anilines is 1. The van der Waals surface area contributed by atoms with Gasteiger partial charge in [-0.15, -0.1) is 17.0 Å². The molecule has 0 saturated carbocycles. The maximum Gasteiger partial charge on any atom is 0.266 e. The van der Waals surface area contributed by atoms with Gasteiger partial charge in [-0.3, -0.25) is 19.1 Å². The number of halogens is 2. The molecule has 1 heterocycles. The first kappa shape index (κ1) is 19.6. The standard InChI is InChI=1S/C15H16ClN3O2S.BrH/c1-3-17-15-19(4-2)13(20)9-12(22-15)14(21)18-11-7-5-6-10(16)8-11;/h5-9H,3-4H2,1-2H3,(H,18,21);1H. The predicted octanol–water partition coefficient (Wildman–Crippen LogP) is 3.33. The lowest BCUT2D eigenvalue weighted by Gasteiger charge is -2.07. The molecule has 2 aromatic rings. The van der Waals surface area contributed by atoms with Crippen molar-refractivity contribution in [3.05, 3.63) is 55.4 Å². The molecule has 5 nitrogen and oxygen atoms in total. The zero-order chi connectivity index (χ0) is 16.1. The summed E-state index contributed by atoms with van der Waals surface area (Å²) in [5.74, 6) is -0.347. The molecule has 0 bridgehead atoms. The molecule has 0 aliphatic heterocycles. The lowest BCUT2D eigenvalue weighted by atomic mass is 10.3. The SMILES string of the molecule is Br.CCN=c1sc(C(=O)Nc2cccc(Cl)c2)cc(=O)n1CC. The summed E-state index contributed by atoms with van der Waals surface area (Å²) in [6, 6.07) is 8.19. The van der Waals surface area contributed by atoms with Crippen LogP contribution in [0.15, 0.2) is 40.1 Å². The topological polar surface area (TPSA) is 63.5 Å². The molecule has 1 aromatic heterocycles. The molecular weight excluding hydrogens is 402 g/mol. The first-order valence-corrected chi connectivity index (χ1v) is 8.07. The van der Waals surface area contributed by atoms with Crippen molar-refractivity contribution in [3.63, 3.8) is 0 Å². The van der Waals surface area contributed by atoms with E-state index in [1.54, 1.807) is 28.8 Å². The van der Waals surface area contributed by atoms with Gasteiger partial charge in [-0.25, -0.2) is 0 Å². The number of benzene rings is 1. The fourth-order valence-corrected chi connectivity index (χ4v) is 3.10. The third-order valence-corrected chi connectivity index (χ3v) is 4.16. The Bertz CT molecular complexity index is 817. The average Bonchev–Trinajstić information content (AvgIpc) is 2.47. The molecule has 0 spiro atoms. The van der Waals surface area contributed by atoms with Crippen LogP contribution < -0.4 is 15.7 Å². The van der Waals surface area contributed by atoms with Crippen molar-refractivity contribution in [2.45, 2.75) is 20.4 Å². The van der Waals surface area contributed by atoms with Crippen molar-refractivity contribution in [2.24, 2.45) is 4.99 Å². The van der Waals surface area contributed by atoms with Gasteiger partial charge in [0.2, 0.25) is 0 Å². The van der Waals surface area contributed by atoms with Gasteiger partial charge < -0.3 is 5.32 Å². The minimum Gasteiger partial charge on any atom is -0.321 e. The van der Waals surface area contributed by atoms with Gasteiger partial charge in [0.05, 0.1) is 0 Å². The van der Waals surface area contributed by atoms with E-state index in [4.69, 9.17) is 11.6 Å². The first-order valence-electron chi connectivity index (χ1n) is 6.87. The number of carbonyl (C=O) groups is 1. The number of amides is 1. The molecule has 1 amide bonds. The van der Waals surface area contributed by atoms with E-state index in [1.165, 1.54) is 17.4 Å². The van der Waals surface area contributed by atoms with Crippen LogP contribution in [0.2, 0.25) is 5.02 Å². The summed E-state index contributed by atoms with van der Waals surface area (Å²) in [5, 5.41) is 3.26.